The number of hydrogen-bond acceptors (Lipinski definition) is 5. The van der Waals surface area contributed by atoms with Crippen LogP contribution in [0.5, 0.6) is 11.5 Å². The van der Waals surface area contributed by atoms with E-state index in [1.54, 1.807) is 36.4 Å². The zero-order valence-corrected chi connectivity index (χ0v) is 18.7. The Hall–Kier alpha value is -4.13. The van der Waals surface area contributed by atoms with E-state index < -0.39 is 23.5 Å². The third-order valence-corrected chi connectivity index (χ3v) is 5.47. The molecular weight excluding hydrogens is 437 g/mol. The Kier molecular flexibility index (Phi) is 6.36. The number of phenols is 1. The van der Waals surface area contributed by atoms with Gasteiger partial charge in [0.15, 0.2) is 0 Å². The highest BCUT2D eigenvalue weighted by Crippen LogP contribution is 2.42. The SMILES string of the molecule is CC(C)COc1ccc(/C(O)=C2\C(=O)C(=O)N(c3ccc(F)cc3)C2c2ccc(O)cc2)cc1. The first-order valence-electron chi connectivity index (χ1n) is 10.8. The minimum Gasteiger partial charge on any atom is -0.508 e. The van der Waals surface area contributed by atoms with Gasteiger partial charge in [-0.15, -0.1) is 0 Å². The van der Waals surface area contributed by atoms with Crippen molar-refractivity contribution in [3.63, 3.8) is 0 Å². The van der Waals surface area contributed by atoms with Gasteiger partial charge in [-0.25, -0.2) is 4.39 Å². The van der Waals surface area contributed by atoms with Crippen LogP contribution < -0.4 is 9.64 Å². The molecule has 0 saturated carbocycles. The van der Waals surface area contributed by atoms with Gasteiger partial charge in [0.05, 0.1) is 18.2 Å². The van der Waals surface area contributed by atoms with E-state index in [4.69, 9.17) is 4.74 Å². The number of anilines is 1. The first kappa shape index (κ1) is 23.0. The number of nitrogens with zero attached hydrogens (tertiary/aromatic N) is 1. The van der Waals surface area contributed by atoms with Crippen LogP contribution in [-0.4, -0.2) is 28.5 Å². The molecule has 0 aromatic heterocycles. The fraction of sp³-hybridized carbons (Fsp3) is 0.185. The van der Waals surface area contributed by atoms with Gasteiger partial charge in [0, 0.05) is 11.3 Å². The molecule has 0 radical (unpaired) electrons. The van der Waals surface area contributed by atoms with E-state index >= 15 is 0 Å². The maximum Gasteiger partial charge on any atom is 0.300 e. The minimum absolute atomic E-state index is 0.0134. The monoisotopic (exact) mass is 461 g/mol. The third-order valence-electron chi connectivity index (χ3n) is 5.47. The number of aliphatic hydroxyl groups excluding tert-OH is 1. The lowest BCUT2D eigenvalue weighted by Gasteiger charge is -2.25. The molecule has 6 nitrogen and oxygen atoms in total. The number of benzene rings is 3. The number of aromatic hydroxyl groups is 1. The number of halogens is 1. The van der Waals surface area contributed by atoms with Gasteiger partial charge in [-0.05, 0) is 72.1 Å². The Balaban J connectivity index is 1.81. The molecule has 1 unspecified atom stereocenters. The van der Waals surface area contributed by atoms with E-state index in [1.807, 2.05) is 13.8 Å². The van der Waals surface area contributed by atoms with Crippen molar-refractivity contribution >= 4 is 23.1 Å². The summed E-state index contributed by atoms with van der Waals surface area (Å²) < 4.78 is 19.2. The highest BCUT2D eigenvalue weighted by atomic mass is 19.1. The Labute approximate surface area is 196 Å². The zero-order chi connectivity index (χ0) is 24.4. The lowest BCUT2D eigenvalue weighted by Crippen LogP contribution is -2.29. The Morgan fingerprint density at radius 2 is 1.59 bits per heavy atom. The normalized spacial score (nSPS) is 17.4. The molecule has 1 aliphatic rings. The predicted octanol–water partition coefficient (Wildman–Crippen LogP) is 5.19. The fourth-order valence-corrected chi connectivity index (χ4v) is 3.80. The van der Waals surface area contributed by atoms with Crippen LogP contribution in [0, 0.1) is 11.7 Å². The summed E-state index contributed by atoms with van der Waals surface area (Å²) in [7, 11) is 0. The van der Waals surface area contributed by atoms with E-state index in [9.17, 15) is 24.2 Å². The molecule has 1 aliphatic heterocycles. The lowest BCUT2D eigenvalue weighted by molar-refractivity contribution is -0.132. The van der Waals surface area contributed by atoms with Crippen molar-refractivity contribution in [3.05, 3.63) is 95.3 Å². The minimum atomic E-state index is -0.970. The van der Waals surface area contributed by atoms with E-state index in [2.05, 4.69) is 0 Å². The summed E-state index contributed by atoms with van der Waals surface area (Å²) in [5.74, 6) is -1.55. The van der Waals surface area contributed by atoms with Gasteiger partial charge in [-0.1, -0.05) is 26.0 Å². The number of Topliss-reactive ketones (excluding diaryl/α,β-unsaturated/α-hetero) is 1. The predicted molar refractivity (Wildman–Crippen MR) is 126 cm³/mol. The molecule has 3 aromatic carbocycles. The second-order valence-corrected chi connectivity index (χ2v) is 8.47. The summed E-state index contributed by atoms with van der Waals surface area (Å²) in [6.07, 6.45) is 0. The van der Waals surface area contributed by atoms with Gasteiger partial charge in [0.25, 0.3) is 11.7 Å². The van der Waals surface area contributed by atoms with Crippen LogP contribution in [0.4, 0.5) is 10.1 Å². The van der Waals surface area contributed by atoms with Crippen LogP contribution in [0.25, 0.3) is 5.76 Å². The molecule has 4 rings (SSSR count). The van der Waals surface area contributed by atoms with Crippen molar-refractivity contribution in [3.8, 4) is 11.5 Å². The molecule has 1 atom stereocenters. The number of phenolic OH excluding ortho intramolecular Hbond substituents is 1. The molecule has 1 heterocycles. The van der Waals surface area contributed by atoms with Gasteiger partial charge in [-0.2, -0.15) is 0 Å². The average Bonchev–Trinajstić information content (AvgIpc) is 3.09. The molecule has 0 spiro atoms. The van der Waals surface area contributed by atoms with Gasteiger partial charge < -0.3 is 14.9 Å². The second-order valence-electron chi connectivity index (χ2n) is 8.47. The number of carbonyl (C=O) groups is 2. The molecule has 0 bridgehead atoms. The largest absolute Gasteiger partial charge is 0.508 e. The van der Waals surface area contributed by atoms with Gasteiger partial charge >= 0.3 is 0 Å². The second kappa shape index (κ2) is 9.39. The van der Waals surface area contributed by atoms with Gasteiger partial charge in [0.2, 0.25) is 0 Å². The summed E-state index contributed by atoms with van der Waals surface area (Å²) >= 11 is 0. The average molecular weight is 461 g/mol. The van der Waals surface area contributed by atoms with Crippen LogP contribution in [-0.2, 0) is 9.59 Å². The Bertz CT molecular complexity index is 1230. The van der Waals surface area contributed by atoms with E-state index in [0.29, 0.717) is 35.1 Å². The molecule has 1 saturated heterocycles. The third kappa shape index (κ3) is 4.50. The fourth-order valence-electron chi connectivity index (χ4n) is 3.80. The van der Waals surface area contributed by atoms with Crippen LogP contribution in [0.15, 0.2) is 78.4 Å². The highest BCUT2D eigenvalue weighted by Gasteiger charge is 2.46. The summed E-state index contributed by atoms with van der Waals surface area (Å²) in [5.41, 5.74) is 1.05. The van der Waals surface area contributed by atoms with Gasteiger partial charge in [-0.3, -0.25) is 14.5 Å². The Morgan fingerprint density at radius 1 is 0.971 bits per heavy atom. The molecule has 1 amide bonds. The van der Waals surface area contributed by atoms with E-state index in [1.165, 1.54) is 41.3 Å². The summed E-state index contributed by atoms with van der Waals surface area (Å²) in [4.78, 5) is 27.4. The van der Waals surface area contributed by atoms with Crippen molar-refractivity contribution in [1.29, 1.82) is 0 Å². The number of rotatable bonds is 6. The van der Waals surface area contributed by atoms with Crippen molar-refractivity contribution in [2.75, 3.05) is 11.5 Å². The van der Waals surface area contributed by atoms with Crippen LogP contribution in [0.2, 0.25) is 0 Å². The van der Waals surface area contributed by atoms with Crippen molar-refractivity contribution < 1.29 is 28.9 Å². The van der Waals surface area contributed by atoms with Gasteiger partial charge in [0.1, 0.15) is 23.1 Å². The molecule has 34 heavy (non-hydrogen) atoms. The number of carbonyl (C=O) groups excluding carboxylic acids is 2. The maximum atomic E-state index is 13.5. The topological polar surface area (TPSA) is 87.1 Å². The lowest BCUT2D eigenvalue weighted by atomic mass is 9.95. The molecule has 0 aliphatic carbocycles. The summed E-state index contributed by atoms with van der Waals surface area (Å²) in [6, 6.07) is 16.8. The smallest absolute Gasteiger partial charge is 0.300 e. The van der Waals surface area contributed by atoms with Crippen molar-refractivity contribution in [2.45, 2.75) is 19.9 Å². The first-order chi connectivity index (χ1) is 16.3. The molecule has 174 valence electrons. The van der Waals surface area contributed by atoms with E-state index in [-0.39, 0.29) is 17.1 Å². The number of amides is 1. The number of ketones is 1. The van der Waals surface area contributed by atoms with Crippen LogP contribution in [0.3, 0.4) is 0 Å². The zero-order valence-electron chi connectivity index (χ0n) is 18.7. The molecule has 1 fully saturated rings. The van der Waals surface area contributed by atoms with Crippen molar-refractivity contribution in [1.82, 2.24) is 0 Å². The van der Waals surface area contributed by atoms with Crippen molar-refractivity contribution in [2.24, 2.45) is 5.92 Å². The quantitative estimate of drug-likeness (QED) is 0.300. The Morgan fingerprint density at radius 3 is 2.18 bits per heavy atom. The first-order valence-corrected chi connectivity index (χ1v) is 10.8. The van der Waals surface area contributed by atoms with Crippen LogP contribution >= 0.6 is 0 Å². The maximum absolute atomic E-state index is 13.5. The number of ether oxygens (including phenoxy) is 1. The molecule has 2 N–H and O–H groups in total. The number of hydrogen-bond donors (Lipinski definition) is 2. The standard InChI is InChI=1S/C27H24FNO5/c1-16(2)15-34-22-13-5-18(6-14-22)25(31)23-24(17-3-11-21(30)12-4-17)29(27(33)26(23)32)20-9-7-19(28)8-10-20/h3-14,16,24,30-31H,15H2,1-2H3/b25-23+. The highest BCUT2D eigenvalue weighted by molar-refractivity contribution is 6.51. The van der Waals surface area contributed by atoms with E-state index in [0.717, 1.165) is 0 Å². The molecular formula is C27H24FNO5. The molecule has 7 heteroatoms. The van der Waals surface area contributed by atoms with Crippen LogP contribution in [0.1, 0.15) is 31.0 Å². The summed E-state index contributed by atoms with van der Waals surface area (Å²) in [5, 5.41) is 20.9. The molecule has 3 aromatic rings. The summed E-state index contributed by atoms with van der Waals surface area (Å²) in [6.45, 7) is 4.60. The number of aliphatic hydroxyl groups is 1.